The summed E-state index contributed by atoms with van der Waals surface area (Å²) in [5.74, 6) is 0.209. The number of nitrogens with zero attached hydrogens (tertiary/aromatic N) is 2. The second-order valence-corrected chi connectivity index (χ2v) is 9.05. The van der Waals surface area contributed by atoms with E-state index in [1.54, 1.807) is 6.07 Å². The lowest BCUT2D eigenvalue weighted by molar-refractivity contribution is -0.118. The first kappa shape index (κ1) is 18.1. The van der Waals surface area contributed by atoms with Crippen LogP contribution in [0.15, 0.2) is 35.2 Å². The van der Waals surface area contributed by atoms with E-state index in [1.165, 1.54) is 27.8 Å². The van der Waals surface area contributed by atoms with Crippen molar-refractivity contribution in [1.82, 2.24) is 8.87 Å². The highest BCUT2D eigenvalue weighted by Crippen LogP contribution is 2.33. The number of fused-ring (bicyclic) bond motifs is 1. The molecule has 27 heavy (non-hydrogen) atoms. The van der Waals surface area contributed by atoms with Gasteiger partial charge in [-0.05, 0) is 57.0 Å². The number of piperidine rings is 1. The highest BCUT2D eigenvalue weighted by atomic mass is 32.2. The summed E-state index contributed by atoms with van der Waals surface area (Å²) < 4.78 is 35.2. The second kappa shape index (κ2) is 6.69. The minimum Gasteiger partial charge on any atom is -0.482 e. The third kappa shape index (κ3) is 3.23. The summed E-state index contributed by atoms with van der Waals surface area (Å²) in [5, 5.41) is 2.66. The van der Waals surface area contributed by atoms with Crippen molar-refractivity contribution in [3.63, 3.8) is 0 Å². The Morgan fingerprint density at radius 2 is 1.74 bits per heavy atom. The molecule has 1 fully saturated rings. The monoisotopic (exact) mass is 389 g/mol. The van der Waals surface area contributed by atoms with Crippen LogP contribution in [-0.2, 0) is 14.8 Å². The zero-order chi connectivity index (χ0) is 19.2. The summed E-state index contributed by atoms with van der Waals surface area (Å²) in [6, 6.07) is 9.14. The zero-order valence-electron chi connectivity index (χ0n) is 15.4. The van der Waals surface area contributed by atoms with Crippen molar-refractivity contribution in [2.45, 2.75) is 37.6 Å². The molecule has 0 saturated carbocycles. The van der Waals surface area contributed by atoms with Crippen LogP contribution < -0.4 is 10.1 Å². The Hall–Kier alpha value is -2.32. The zero-order valence-corrected chi connectivity index (χ0v) is 16.3. The molecule has 3 heterocycles. The van der Waals surface area contributed by atoms with Gasteiger partial charge in [0.2, 0.25) is 10.0 Å². The summed E-state index contributed by atoms with van der Waals surface area (Å²) >= 11 is 0. The van der Waals surface area contributed by atoms with Gasteiger partial charge in [-0.2, -0.15) is 4.31 Å². The van der Waals surface area contributed by atoms with E-state index >= 15 is 0 Å². The molecule has 1 aromatic heterocycles. The summed E-state index contributed by atoms with van der Waals surface area (Å²) in [7, 11) is -3.61. The fraction of sp³-hybridized carbons (Fsp3) is 0.421. The van der Waals surface area contributed by atoms with Gasteiger partial charge in [-0.3, -0.25) is 4.79 Å². The number of carbonyl (C=O) groups excluding carboxylic acids is 1. The molecule has 0 atom stereocenters. The summed E-state index contributed by atoms with van der Waals surface area (Å²) in [4.78, 5) is 11.7. The Kier molecular flexibility index (Phi) is 4.47. The molecule has 1 aromatic carbocycles. The van der Waals surface area contributed by atoms with Crippen LogP contribution in [0.2, 0.25) is 0 Å². The molecule has 0 spiro atoms. The first-order chi connectivity index (χ1) is 12.9. The van der Waals surface area contributed by atoms with E-state index in [-0.39, 0.29) is 17.4 Å². The lowest BCUT2D eigenvalue weighted by Gasteiger charge is -2.33. The average molecular weight is 389 g/mol. The maximum atomic E-state index is 13.0. The summed E-state index contributed by atoms with van der Waals surface area (Å²) in [5.41, 5.74) is 2.82. The van der Waals surface area contributed by atoms with Crippen molar-refractivity contribution in [3.8, 4) is 5.75 Å². The van der Waals surface area contributed by atoms with Crippen LogP contribution >= 0.6 is 0 Å². The van der Waals surface area contributed by atoms with Gasteiger partial charge in [0.05, 0.1) is 10.6 Å². The number of aryl methyl sites for hydroxylation is 2. The maximum absolute atomic E-state index is 13.0. The van der Waals surface area contributed by atoms with Crippen molar-refractivity contribution in [2.24, 2.45) is 0 Å². The van der Waals surface area contributed by atoms with Crippen molar-refractivity contribution < 1.29 is 17.9 Å². The van der Waals surface area contributed by atoms with E-state index in [0.29, 0.717) is 30.6 Å². The minimum atomic E-state index is -3.61. The topological polar surface area (TPSA) is 80.6 Å². The number of rotatable bonds is 3. The van der Waals surface area contributed by atoms with Gasteiger partial charge in [-0.1, -0.05) is 0 Å². The molecule has 1 amide bonds. The van der Waals surface area contributed by atoms with Gasteiger partial charge in [0.15, 0.2) is 6.61 Å². The molecule has 7 nitrogen and oxygen atoms in total. The number of aromatic nitrogens is 1. The highest BCUT2D eigenvalue weighted by molar-refractivity contribution is 7.89. The largest absolute Gasteiger partial charge is 0.482 e. The Bertz CT molecular complexity index is 969. The van der Waals surface area contributed by atoms with E-state index in [1.807, 2.05) is 0 Å². The van der Waals surface area contributed by atoms with Gasteiger partial charge in [-0.25, -0.2) is 8.42 Å². The van der Waals surface area contributed by atoms with Crippen LogP contribution in [0.1, 0.15) is 30.3 Å². The van der Waals surface area contributed by atoms with Crippen LogP contribution in [0.3, 0.4) is 0 Å². The van der Waals surface area contributed by atoms with Crippen LogP contribution in [0.4, 0.5) is 5.69 Å². The van der Waals surface area contributed by atoms with E-state index in [9.17, 15) is 13.2 Å². The molecule has 1 saturated heterocycles. The number of sulfonamides is 1. The first-order valence-electron chi connectivity index (χ1n) is 9.07. The summed E-state index contributed by atoms with van der Waals surface area (Å²) in [6.45, 7) is 5.07. The number of nitrogens with one attached hydrogen (secondary N) is 1. The molecular weight excluding hydrogens is 366 g/mol. The quantitative estimate of drug-likeness (QED) is 0.874. The Morgan fingerprint density at radius 3 is 2.41 bits per heavy atom. The van der Waals surface area contributed by atoms with E-state index in [0.717, 1.165) is 12.8 Å². The fourth-order valence-electron chi connectivity index (χ4n) is 3.97. The minimum absolute atomic E-state index is 0.0508. The predicted molar refractivity (Wildman–Crippen MR) is 102 cm³/mol. The van der Waals surface area contributed by atoms with Crippen molar-refractivity contribution in [3.05, 3.63) is 41.7 Å². The van der Waals surface area contributed by atoms with Gasteiger partial charge in [0.25, 0.3) is 5.91 Å². The molecule has 144 valence electrons. The van der Waals surface area contributed by atoms with Crippen LogP contribution in [-0.4, -0.2) is 42.9 Å². The van der Waals surface area contributed by atoms with Crippen molar-refractivity contribution in [2.75, 3.05) is 25.0 Å². The number of ether oxygens (including phenoxy) is 1. The number of carbonyl (C=O) groups is 1. The molecule has 1 N–H and O–H groups in total. The van der Waals surface area contributed by atoms with Gasteiger partial charge < -0.3 is 14.6 Å². The highest BCUT2D eigenvalue weighted by Gasteiger charge is 2.31. The number of hydrogen-bond acceptors (Lipinski definition) is 4. The van der Waals surface area contributed by atoms with E-state index in [2.05, 4.69) is 35.9 Å². The third-order valence-corrected chi connectivity index (χ3v) is 7.23. The van der Waals surface area contributed by atoms with Gasteiger partial charge in [-0.15, -0.1) is 0 Å². The smallest absolute Gasteiger partial charge is 0.262 e. The van der Waals surface area contributed by atoms with E-state index in [4.69, 9.17) is 4.74 Å². The number of benzene rings is 1. The second-order valence-electron chi connectivity index (χ2n) is 7.12. The lowest BCUT2D eigenvalue weighted by Crippen LogP contribution is -2.39. The molecule has 2 aromatic rings. The molecule has 0 aliphatic carbocycles. The Balaban J connectivity index is 1.52. The van der Waals surface area contributed by atoms with Crippen molar-refractivity contribution >= 4 is 21.6 Å². The molecule has 2 aliphatic heterocycles. The van der Waals surface area contributed by atoms with Crippen LogP contribution in [0, 0.1) is 13.8 Å². The van der Waals surface area contributed by atoms with Crippen LogP contribution in [0.25, 0.3) is 0 Å². The fourth-order valence-corrected chi connectivity index (χ4v) is 5.46. The summed E-state index contributed by atoms with van der Waals surface area (Å²) in [6.07, 6.45) is 1.56. The number of hydrogen-bond donors (Lipinski definition) is 1. The molecule has 0 unspecified atom stereocenters. The molecule has 4 rings (SSSR count). The predicted octanol–water partition coefficient (Wildman–Crippen LogP) is 2.46. The lowest BCUT2D eigenvalue weighted by atomic mass is 10.1. The standard InChI is InChI=1S/C19H23N3O4S/c1-13-3-4-14(2)22(13)15-7-9-21(10-8-15)27(24,25)16-5-6-18-17(11-16)20-19(23)12-26-18/h3-6,11,15H,7-10,12H2,1-2H3,(H,20,23). The molecule has 2 aliphatic rings. The first-order valence-corrected chi connectivity index (χ1v) is 10.5. The Morgan fingerprint density at radius 1 is 1.07 bits per heavy atom. The molecule has 8 heteroatoms. The number of amides is 1. The van der Waals surface area contributed by atoms with Crippen LogP contribution in [0.5, 0.6) is 5.75 Å². The van der Waals surface area contributed by atoms with Crippen molar-refractivity contribution in [1.29, 1.82) is 0 Å². The van der Waals surface area contributed by atoms with E-state index < -0.39 is 10.0 Å². The SMILES string of the molecule is Cc1ccc(C)n1C1CCN(S(=O)(=O)c2ccc3c(c2)NC(=O)CO3)CC1. The average Bonchev–Trinajstić information content (AvgIpc) is 2.99. The molecule has 0 bridgehead atoms. The van der Waals surface area contributed by atoms with Gasteiger partial charge in [0, 0.05) is 30.5 Å². The Labute approximate surface area is 159 Å². The van der Waals surface area contributed by atoms with Gasteiger partial charge in [0.1, 0.15) is 5.75 Å². The molecule has 0 radical (unpaired) electrons. The maximum Gasteiger partial charge on any atom is 0.262 e. The third-order valence-electron chi connectivity index (χ3n) is 5.34. The number of anilines is 1. The molecular formula is C19H23N3O4S. The normalized spacial score (nSPS) is 18.7. The van der Waals surface area contributed by atoms with Gasteiger partial charge >= 0.3 is 0 Å².